The first kappa shape index (κ1) is 16.0. The molecule has 1 aliphatic rings. The van der Waals surface area contributed by atoms with Crippen LogP contribution in [0, 0.1) is 6.92 Å². The maximum Gasteiger partial charge on any atom is 0.289 e. The number of carbonyl (C=O) groups is 2. The Bertz CT molecular complexity index is 789. The topological polar surface area (TPSA) is 88.7 Å². The van der Waals surface area contributed by atoms with Gasteiger partial charge in [-0.15, -0.1) is 0 Å². The van der Waals surface area contributed by atoms with Crippen LogP contribution in [-0.2, 0) is 11.3 Å². The molecule has 126 valence electrons. The SMILES string of the molecule is Cc1cc(=O)n(CC(=O)N2CCN(C(=O)c3ccco3)CC2)cn1. The Morgan fingerprint density at radius 1 is 1.21 bits per heavy atom. The smallest absolute Gasteiger partial charge is 0.289 e. The maximum absolute atomic E-state index is 12.3. The average Bonchev–Trinajstić information content (AvgIpc) is 3.11. The molecule has 24 heavy (non-hydrogen) atoms. The van der Waals surface area contributed by atoms with E-state index in [1.165, 1.54) is 23.2 Å². The monoisotopic (exact) mass is 330 g/mol. The average molecular weight is 330 g/mol. The first-order valence-corrected chi connectivity index (χ1v) is 7.68. The van der Waals surface area contributed by atoms with Gasteiger partial charge >= 0.3 is 0 Å². The molecule has 0 spiro atoms. The minimum absolute atomic E-state index is 0.0434. The van der Waals surface area contributed by atoms with Crippen LogP contribution >= 0.6 is 0 Å². The molecule has 2 aromatic heterocycles. The van der Waals surface area contributed by atoms with Crippen molar-refractivity contribution in [1.29, 1.82) is 0 Å². The molecule has 0 radical (unpaired) electrons. The largest absolute Gasteiger partial charge is 0.459 e. The second kappa shape index (κ2) is 6.69. The maximum atomic E-state index is 12.3. The van der Waals surface area contributed by atoms with Crippen molar-refractivity contribution in [2.24, 2.45) is 0 Å². The molecule has 2 aromatic rings. The lowest BCUT2D eigenvalue weighted by Crippen LogP contribution is -2.51. The highest BCUT2D eigenvalue weighted by molar-refractivity contribution is 5.91. The Morgan fingerprint density at radius 2 is 1.92 bits per heavy atom. The molecule has 2 amide bonds. The van der Waals surface area contributed by atoms with Crippen LogP contribution in [0.2, 0.25) is 0 Å². The third-order valence-corrected chi connectivity index (χ3v) is 3.97. The Hall–Kier alpha value is -2.90. The standard InChI is InChI=1S/C16H18N4O4/c1-12-9-14(21)20(11-17-12)10-15(22)18-4-6-19(7-5-18)16(23)13-3-2-8-24-13/h2-3,8-9,11H,4-7,10H2,1H3. The molecule has 0 bridgehead atoms. The molecule has 0 unspecified atom stereocenters. The van der Waals surface area contributed by atoms with Crippen LogP contribution in [0.5, 0.6) is 0 Å². The summed E-state index contributed by atoms with van der Waals surface area (Å²) in [7, 11) is 0. The molecule has 1 aliphatic heterocycles. The van der Waals surface area contributed by atoms with Gasteiger partial charge in [-0.3, -0.25) is 19.0 Å². The summed E-state index contributed by atoms with van der Waals surface area (Å²) < 4.78 is 6.40. The summed E-state index contributed by atoms with van der Waals surface area (Å²) in [5, 5.41) is 0. The van der Waals surface area contributed by atoms with E-state index >= 15 is 0 Å². The van der Waals surface area contributed by atoms with Crippen molar-refractivity contribution in [3.8, 4) is 0 Å². The van der Waals surface area contributed by atoms with Crippen LogP contribution in [0.3, 0.4) is 0 Å². The van der Waals surface area contributed by atoms with Crippen LogP contribution in [0.25, 0.3) is 0 Å². The van der Waals surface area contributed by atoms with Gasteiger partial charge in [0.25, 0.3) is 11.5 Å². The zero-order chi connectivity index (χ0) is 17.1. The van der Waals surface area contributed by atoms with Crippen molar-refractivity contribution in [2.45, 2.75) is 13.5 Å². The van der Waals surface area contributed by atoms with Crippen LogP contribution in [0.1, 0.15) is 16.2 Å². The summed E-state index contributed by atoms with van der Waals surface area (Å²) in [6.07, 6.45) is 2.84. The van der Waals surface area contributed by atoms with Crippen molar-refractivity contribution in [3.63, 3.8) is 0 Å². The summed E-state index contributed by atoms with van der Waals surface area (Å²) in [5.41, 5.74) is 0.372. The highest BCUT2D eigenvalue weighted by atomic mass is 16.3. The summed E-state index contributed by atoms with van der Waals surface area (Å²) in [4.78, 5) is 43.7. The predicted molar refractivity (Wildman–Crippen MR) is 84.4 cm³/mol. The molecular formula is C16H18N4O4. The van der Waals surface area contributed by atoms with Gasteiger partial charge in [-0.1, -0.05) is 0 Å². The second-order valence-electron chi connectivity index (χ2n) is 5.65. The molecule has 0 saturated carbocycles. The number of carbonyl (C=O) groups excluding carboxylic acids is 2. The van der Waals surface area contributed by atoms with Crippen molar-refractivity contribution < 1.29 is 14.0 Å². The third kappa shape index (κ3) is 3.37. The molecule has 8 heteroatoms. The number of furan rings is 1. The highest BCUT2D eigenvalue weighted by Crippen LogP contribution is 2.09. The number of hydrogen-bond acceptors (Lipinski definition) is 5. The molecule has 3 heterocycles. The van der Waals surface area contributed by atoms with Gasteiger partial charge in [0.05, 0.1) is 12.6 Å². The van der Waals surface area contributed by atoms with E-state index < -0.39 is 0 Å². The number of aromatic nitrogens is 2. The number of hydrogen-bond donors (Lipinski definition) is 0. The van der Waals surface area contributed by atoms with Crippen LogP contribution in [-0.4, -0.2) is 57.3 Å². The van der Waals surface area contributed by atoms with E-state index in [-0.39, 0.29) is 23.9 Å². The van der Waals surface area contributed by atoms with Crippen molar-refractivity contribution in [2.75, 3.05) is 26.2 Å². The summed E-state index contributed by atoms with van der Waals surface area (Å²) in [6, 6.07) is 4.68. The van der Waals surface area contributed by atoms with Crippen molar-refractivity contribution in [1.82, 2.24) is 19.4 Å². The predicted octanol–water partition coefficient (Wildman–Crippen LogP) is 0.129. The molecule has 1 fully saturated rings. The number of piperazine rings is 1. The third-order valence-electron chi connectivity index (χ3n) is 3.97. The van der Waals surface area contributed by atoms with Gasteiger partial charge in [-0.2, -0.15) is 0 Å². The fraction of sp³-hybridized carbons (Fsp3) is 0.375. The Labute approximate surface area is 138 Å². The fourth-order valence-electron chi connectivity index (χ4n) is 2.60. The fourth-order valence-corrected chi connectivity index (χ4v) is 2.60. The van der Waals surface area contributed by atoms with Crippen molar-refractivity contribution in [3.05, 3.63) is 52.6 Å². The Kier molecular flexibility index (Phi) is 4.45. The van der Waals surface area contributed by atoms with E-state index in [4.69, 9.17) is 4.42 Å². The second-order valence-corrected chi connectivity index (χ2v) is 5.65. The minimum Gasteiger partial charge on any atom is -0.459 e. The molecule has 0 atom stereocenters. The van der Waals surface area contributed by atoms with Gasteiger partial charge in [-0.05, 0) is 19.1 Å². The molecule has 8 nitrogen and oxygen atoms in total. The lowest BCUT2D eigenvalue weighted by Gasteiger charge is -2.34. The number of aryl methyl sites for hydroxylation is 1. The van der Waals surface area contributed by atoms with E-state index in [0.717, 1.165) is 0 Å². The van der Waals surface area contributed by atoms with Crippen LogP contribution in [0.15, 0.2) is 40.0 Å². The molecule has 3 rings (SSSR count). The van der Waals surface area contributed by atoms with E-state index in [1.807, 2.05) is 0 Å². The van der Waals surface area contributed by atoms with Crippen molar-refractivity contribution >= 4 is 11.8 Å². The lowest BCUT2D eigenvalue weighted by atomic mass is 10.2. The van der Waals surface area contributed by atoms with Gasteiger partial charge in [0.15, 0.2) is 5.76 Å². The molecule has 0 aromatic carbocycles. The zero-order valence-corrected chi connectivity index (χ0v) is 13.3. The Balaban J connectivity index is 1.57. The van der Waals surface area contributed by atoms with E-state index in [1.54, 1.807) is 28.9 Å². The minimum atomic E-state index is -0.248. The van der Waals surface area contributed by atoms with Gasteiger partial charge in [0, 0.05) is 37.9 Å². The zero-order valence-electron chi connectivity index (χ0n) is 13.3. The normalized spacial score (nSPS) is 14.7. The number of amides is 2. The molecule has 1 saturated heterocycles. The lowest BCUT2D eigenvalue weighted by molar-refractivity contribution is -0.133. The van der Waals surface area contributed by atoms with E-state index in [2.05, 4.69) is 4.98 Å². The van der Waals surface area contributed by atoms with Gasteiger partial charge < -0.3 is 14.2 Å². The van der Waals surface area contributed by atoms with Gasteiger partial charge in [0.1, 0.15) is 6.54 Å². The van der Waals surface area contributed by atoms with Gasteiger partial charge in [-0.25, -0.2) is 4.98 Å². The molecule has 0 N–H and O–H groups in total. The van der Waals surface area contributed by atoms with E-state index in [9.17, 15) is 14.4 Å². The summed E-state index contributed by atoms with van der Waals surface area (Å²) >= 11 is 0. The quantitative estimate of drug-likeness (QED) is 0.798. The number of rotatable bonds is 3. The van der Waals surface area contributed by atoms with E-state index in [0.29, 0.717) is 37.6 Å². The first-order chi connectivity index (χ1) is 11.5. The van der Waals surface area contributed by atoms with Gasteiger partial charge in [0.2, 0.25) is 5.91 Å². The van der Waals surface area contributed by atoms with Crippen LogP contribution < -0.4 is 5.56 Å². The number of nitrogens with zero attached hydrogens (tertiary/aromatic N) is 4. The summed E-state index contributed by atoms with van der Waals surface area (Å²) in [6.45, 7) is 3.42. The molecular weight excluding hydrogens is 312 g/mol. The molecule has 0 aliphatic carbocycles. The summed E-state index contributed by atoms with van der Waals surface area (Å²) in [5.74, 6) is -0.0361. The van der Waals surface area contributed by atoms with Crippen LogP contribution in [0.4, 0.5) is 0 Å². The Morgan fingerprint density at radius 3 is 2.54 bits per heavy atom. The first-order valence-electron chi connectivity index (χ1n) is 7.68. The highest BCUT2D eigenvalue weighted by Gasteiger charge is 2.26.